The summed E-state index contributed by atoms with van der Waals surface area (Å²) in [6.07, 6.45) is 0. The first-order valence-electron chi connectivity index (χ1n) is 6.97. The number of nitrogens with zero attached hydrogens (tertiary/aromatic N) is 1. The number of hydrogen-bond acceptors (Lipinski definition) is 4. The summed E-state index contributed by atoms with van der Waals surface area (Å²) in [5, 5.41) is 10.3. The SMILES string of the molecule is Cc1cc(C(C)C)c(O)c(C)c1Cn1c(=O)[nH]c(=O)[nH]c1=O. The molecule has 0 aliphatic heterocycles. The normalized spacial score (nSPS) is 11.1. The smallest absolute Gasteiger partial charge is 0.333 e. The topological polar surface area (TPSA) is 108 Å². The standard InChI is InChI=1S/C15H19N3O4/c1-7(2)10-5-8(3)11(9(4)12(10)19)6-18-14(21)16-13(20)17-15(18)22/h5,7,19H,6H2,1-4H3,(H2,16,17,20,21,22). The maximum absolute atomic E-state index is 11.8. The van der Waals surface area contributed by atoms with Crippen molar-refractivity contribution in [1.29, 1.82) is 0 Å². The summed E-state index contributed by atoms with van der Waals surface area (Å²) in [4.78, 5) is 38.6. The molecule has 0 radical (unpaired) electrons. The zero-order valence-corrected chi connectivity index (χ0v) is 13.0. The molecule has 1 aromatic carbocycles. The van der Waals surface area contributed by atoms with E-state index >= 15 is 0 Å². The lowest BCUT2D eigenvalue weighted by molar-refractivity contribution is 0.458. The van der Waals surface area contributed by atoms with Crippen LogP contribution in [-0.4, -0.2) is 19.6 Å². The van der Waals surface area contributed by atoms with E-state index in [4.69, 9.17) is 0 Å². The van der Waals surface area contributed by atoms with Crippen LogP contribution < -0.4 is 17.1 Å². The number of nitrogens with one attached hydrogen (secondary N) is 2. The molecule has 7 nitrogen and oxygen atoms in total. The van der Waals surface area contributed by atoms with Gasteiger partial charge in [-0.2, -0.15) is 0 Å². The molecule has 0 bridgehead atoms. The molecule has 0 amide bonds. The molecule has 0 saturated carbocycles. The highest BCUT2D eigenvalue weighted by atomic mass is 16.3. The minimum absolute atomic E-state index is 0.0193. The molecule has 118 valence electrons. The van der Waals surface area contributed by atoms with E-state index in [1.54, 1.807) is 6.92 Å². The van der Waals surface area contributed by atoms with Crippen LogP contribution in [0.4, 0.5) is 0 Å². The molecule has 2 aromatic rings. The first-order valence-corrected chi connectivity index (χ1v) is 6.97. The Morgan fingerprint density at radius 2 is 1.68 bits per heavy atom. The van der Waals surface area contributed by atoms with Gasteiger partial charge in [-0.15, -0.1) is 0 Å². The van der Waals surface area contributed by atoms with Gasteiger partial charge in [0.25, 0.3) is 0 Å². The van der Waals surface area contributed by atoms with Crippen molar-refractivity contribution in [3.8, 4) is 5.75 Å². The number of H-pyrrole nitrogens is 2. The number of aryl methyl sites for hydroxylation is 1. The molecule has 22 heavy (non-hydrogen) atoms. The molecular formula is C15H19N3O4. The van der Waals surface area contributed by atoms with Crippen LogP contribution >= 0.6 is 0 Å². The van der Waals surface area contributed by atoms with Gasteiger partial charge in [0.05, 0.1) is 6.54 Å². The lowest BCUT2D eigenvalue weighted by atomic mass is 9.92. The summed E-state index contributed by atoms with van der Waals surface area (Å²) >= 11 is 0. The summed E-state index contributed by atoms with van der Waals surface area (Å²) < 4.78 is 0.894. The fraction of sp³-hybridized carbons (Fsp3) is 0.400. The third-order valence-electron chi connectivity index (χ3n) is 3.80. The van der Waals surface area contributed by atoms with Crippen molar-refractivity contribution < 1.29 is 5.11 Å². The highest BCUT2D eigenvalue weighted by molar-refractivity contribution is 5.50. The molecule has 2 rings (SSSR count). The average Bonchev–Trinajstić information content (AvgIpc) is 2.40. The van der Waals surface area contributed by atoms with Gasteiger partial charge < -0.3 is 5.11 Å². The number of phenolic OH excluding ortho intramolecular Hbond substituents is 1. The molecule has 3 N–H and O–H groups in total. The zero-order valence-electron chi connectivity index (χ0n) is 13.0. The van der Waals surface area contributed by atoms with Crippen molar-refractivity contribution in [2.24, 2.45) is 0 Å². The maximum atomic E-state index is 11.8. The van der Waals surface area contributed by atoms with Gasteiger partial charge in [-0.05, 0) is 42.0 Å². The van der Waals surface area contributed by atoms with Crippen LogP contribution in [0.25, 0.3) is 0 Å². The molecule has 0 spiro atoms. The summed E-state index contributed by atoms with van der Waals surface area (Å²) in [5.74, 6) is 0.329. The Kier molecular flexibility index (Phi) is 4.07. The van der Waals surface area contributed by atoms with Crippen molar-refractivity contribution in [2.45, 2.75) is 40.2 Å². The van der Waals surface area contributed by atoms with Crippen molar-refractivity contribution in [1.82, 2.24) is 14.5 Å². The van der Waals surface area contributed by atoms with E-state index in [-0.39, 0.29) is 18.2 Å². The second kappa shape index (κ2) is 5.67. The Bertz CT molecular complexity index is 853. The van der Waals surface area contributed by atoms with E-state index < -0.39 is 17.1 Å². The Morgan fingerprint density at radius 1 is 1.14 bits per heavy atom. The van der Waals surface area contributed by atoms with E-state index in [1.165, 1.54) is 0 Å². The molecule has 1 aromatic heterocycles. The third kappa shape index (κ3) is 2.74. The van der Waals surface area contributed by atoms with E-state index in [0.29, 0.717) is 11.1 Å². The first-order chi connectivity index (χ1) is 10.2. The number of phenols is 1. The summed E-state index contributed by atoms with van der Waals surface area (Å²) in [7, 11) is 0. The van der Waals surface area contributed by atoms with Crippen LogP contribution in [-0.2, 0) is 6.54 Å². The highest BCUT2D eigenvalue weighted by Crippen LogP contribution is 2.33. The van der Waals surface area contributed by atoms with Crippen LogP contribution in [0.2, 0.25) is 0 Å². The summed E-state index contributed by atoms with van der Waals surface area (Å²) in [6, 6.07) is 1.85. The van der Waals surface area contributed by atoms with E-state index in [1.807, 2.05) is 36.8 Å². The highest BCUT2D eigenvalue weighted by Gasteiger charge is 2.16. The molecule has 0 atom stereocenters. The second-order valence-corrected chi connectivity index (χ2v) is 5.67. The van der Waals surface area contributed by atoms with Crippen molar-refractivity contribution in [3.63, 3.8) is 0 Å². The number of aromatic hydroxyl groups is 1. The van der Waals surface area contributed by atoms with E-state index in [2.05, 4.69) is 0 Å². The van der Waals surface area contributed by atoms with E-state index in [0.717, 1.165) is 15.7 Å². The van der Waals surface area contributed by atoms with Crippen LogP contribution in [0.5, 0.6) is 5.75 Å². The lowest BCUT2D eigenvalue weighted by Crippen LogP contribution is -2.43. The lowest BCUT2D eigenvalue weighted by Gasteiger charge is -2.17. The molecule has 0 fully saturated rings. The molecule has 0 saturated heterocycles. The van der Waals surface area contributed by atoms with Gasteiger partial charge in [-0.3, -0.25) is 9.97 Å². The van der Waals surface area contributed by atoms with Gasteiger partial charge in [0.2, 0.25) is 0 Å². The largest absolute Gasteiger partial charge is 0.507 e. The zero-order chi connectivity index (χ0) is 16.6. The number of aromatic amines is 2. The van der Waals surface area contributed by atoms with E-state index in [9.17, 15) is 19.5 Å². The number of aromatic nitrogens is 3. The fourth-order valence-corrected chi connectivity index (χ4v) is 2.48. The van der Waals surface area contributed by atoms with Crippen molar-refractivity contribution >= 4 is 0 Å². The minimum Gasteiger partial charge on any atom is -0.507 e. The molecule has 1 heterocycles. The first kappa shape index (κ1) is 15.8. The van der Waals surface area contributed by atoms with Crippen LogP contribution in [0.15, 0.2) is 20.4 Å². The Balaban J connectivity index is 2.61. The van der Waals surface area contributed by atoms with Gasteiger partial charge in [0, 0.05) is 0 Å². The summed E-state index contributed by atoms with van der Waals surface area (Å²) in [6.45, 7) is 7.54. The fourth-order valence-electron chi connectivity index (χ4n) is 2.48. The Hall–Kier alpha value is -2.57. The van der Waals surface area contributed by atoms with Gasteiger partial charge in [-0.1, -0.05) is 19.9 Å². The van der Waals surface area contributed by atoms with Gasteiger partial charge in [-0.25, -0.2) is 19.0 Å². The van der Waals surface area contributed by atoms with Crippen LogP contribution in [0.3, 0.4) is 0 Å². The van der Waals surface area contributed by atoms with Gasteiger partial charge in [0.15, 0.2) is 0 Å². The number of benzene rings is 1. The molecule has 0 aliphatic carbocycles. The second-order valence-electron chi connectivity index (χ2n) is 5.67. The van der Waals surface area contributed by atoms with Gasteiger partial charge in [0.1, 0.15) is 5.75 Å². The Labute approximate surface area is 126 Å². The minimum atomic E-state index is -0.835. The maximum Gasteiger partial charge on any atom is 0.333 e. The molecule has 0 unspecified atom stereocenters. The number of rotatable bonds is 3. The van der Waals surface area contributed by atoms with Crippen LogP contribution in [0.1, 0.15) is 42.0 Å². The Morgan fingerprint density at radius 3 is 2.18 bits per heavy atom. The van der Waals surface area contributed by atoms with Crippen molar-refractivity contribution in [2.75, 3.05) is 0 Å². The average molecular weight is 305 g/mol. The number of hydrogen-bond donors (Lipinski definition) is 3. The predicted octanol–water partition coefficient (Wildman–Crippen LogP) is 0.719. The third-order valence-corrected chi connectivity index (χ3v) is 3.80. The molecule has 0 aliphatic rings. The molecule has 7 heteroatoms. The monoisotopic (exact) mass is 305 g/mol. The van der Waals surface area contributed by atoms with Gasteiger partial charge >= 0.3 is 17.1 Å². The quantitative estimate of drug-likeness (QED) is 0.776. The summed E-state index contributed by atoms with van der Waals surface area (Å²) in [5.41, 5.74) is 0.610. The molecular weight excluding hydrogens is 286 g/mol. The van der Waals surface area contributed by atoms with Crippen LogP contribution in [0, 0.1) is 13.8 Å². The predicted molar refractivity (Wildman–Crippen MR) is 82.7 cm³/mol. The van der Waals surface area contributed by atoms with Crippen molar-refractivity contribution in [3.05, 3.63) is 59.8 Å².